The van der Waals surface area contributed by atoms with Crippen LogP contribution in [0.3, 0.4) is 0 Å². The van der Waals surface area contributed by atoms with Crippen molar-refractivity contribution in [3.8, 4) is 0 Å². The predicted molar refractivity (Wildman–Crippen MR) is 43.9 cm³/mol. The smallest absolute Gasteiger partial charge is 0.108 e. The number of fused-ring (bicyclic) bond motifs is 1. The molecule has 1 aliphatic heterocycles. The topological polar surface area (TPSA) is 9.23 Å². The number of hydrogen-bond acceptors (Lipinski definition) is 1. The first-order valence-corrected chi connectivity index (χ1v) is 4.16. The summed E-state index contributed by atoms with van der Waals surface area (Å²) in [5.74, 6) is 1.61. The average Bonchev–Trinajstić information content (AvgIpc) is 2.34. The van der Waals surface area contributed by atoms with E-state index < -0.39 is 0 Å². The Bertz CT molecular complexity index is 155. The minimum absolute atomic E-state index is 0.462. The van der Waals surface area contributed by atoms with Crippen molar-refractivity contribution in [3.63, 3.8) is 0 Å². The lowest BCUT2D eigenvalue weighted by atomic mass is 9.73. The molecular formula is C8H13BO. The predicted octanol–water partition coefficient (Wildman–Crippen LogP) is 0.773. The molecule has 3 unspecified atom stereocenters. The second-order valence-corrected chi connectivity index (χ2v) is 3.44. The van der Waals surface area contributed by atoms with Crippen molar-refractivity contribution < 1.29 is 4.74 Å². The molecule has 3 atom stereocenters. The second kappa shape index (κ2) is 2.42. The maximum Gasteiger partial charge on any atom is 0.108 e. The van der Waals surface area contributed by atoms with Gasteiger partial charge in [0.1, 0.15) is 7.85 Å². The summed E-state index contributed by atoms with van der Waals surface area (Å²) in [7, 11) is 2.30. The zero-order valence-electron chi connectivity index (χ0n) is 6.42. The Morgan fingerprint density at radius 1 is 1.50 bits per heavy atom. The molecule has 2 heteroatoms. The summed E-state index contributed by atoms with van der Waals surface area (Å²) < 4.78 is 5.58. The standard InChI is InChI=1S/C8H13BO/c9-7-5-10-8-4-2-1-3-6(7)8/h2,4,6-8H,1,3,5,9H2. The third-order valence-electron chi connectivity index (χ3n) is 2.70. The zero-order valence-corrected chi connectivity index (χ0v) is 6.42. The van der Waals surface area contributed by atoms with Crippen LogP contribution in [0.5, 0.6) is 0 Å². The number of rotatable bonds is 0. The third kappa shape index (κ3) is 0.910. The van der Waals surface area contributed by atoms with Gasteiger partial charge in [-0.3, -0.25) is 0 Å². The maximum atomic E-state index is 5.58. The van der Waals surface area contributed by atoms with E-state index in [1.165, 1.54) is 12.8 Å². The highest BCUT2D eigenvalue weighted by Gasteiger charge is 2.33. The van der Waals surface area contributed by atoms with E-state index in [4.69, 9.17) is 4.74 Å². The Kier molecular flexibility index (Phi) is 1.57. The van der Waals surface area contributed by atoms with Crippen molar-refractivity contribution in [3.05, 3.63) is 12.2 Å². The van der Waals surface area contributed by atoms with Gasteiger partial charge in [-0.1, -0.05) is 12.2 Å². The summed E-state index contributed by atoms with van der Waals surface area (Å²) in [6.45, 7) is 0.972. The molecule has 0 spiro atoms. The van der Waals surface area contributed by atoms with Crippen LogP contribution in [-0.2, 0) is 4.74 Å². The van der Waals surface area contributed by atoms with Crippen molar-refractivity contribution in [1.29, 1.82) is 0 Å². The lowest BCUT2D eigenvalue weighted by Crippen LogP contribution is -2.18. The van der Waals surface area contributed by atoms with E-state index >= 15 is 0 Å². The van der Waals surface area contributed by atoms with Crippen LogP contribution in [0.2, 0.25) is 5.82 Å². The Labute approximate surface area is 62.9 Å². The van der Waals surface area contributed by atoms with Gasteiger partial charge in [0.2, 0.25) is 0 Å². The third-order valence-corrected chi connectivity index (χ3v) is 2.70. The van der Waals surface area contributed by atoms with Gasteiger partial charge in [0.05, 0.1) is 6.10 Å². The average molecular weight is 136 g/mol. The lowest BCUT2D eigenvalue weighted by molar-refractivity contribution is 0.122. The molecule has 0 aromatic heterocycles. The Hall–Kier alpha value is -0.235. The summed E-state index contributed by atoms with van der Waals surface area (Å²) in [4.78, 5) is 0. The first-order valence-electron chi connectivity index (χ1n) is 4.16. The molecule has 0 N–H and O–H groups in total. The molecule has 54 valence electrons. The van der Waals surface area contributed by atoms with Crippen LogP contribution in [0.1, 0.15) is 12.8 Å². The van der Waals surface area contributed by atoms with Crippen molar-refractivity contribution in [1.82, 2.24) is 0 Å². The van der Waals surface area contributed by atoms with Crippen LogP contribution < -0.4 is 0 Å². The van der Waals surface area contributed by atoms with Gasteiger partial charge in [-0.2, -0.15) is 0 Å². The number of hydrogen-bond donors (Lipinski definition) is 0. The van der Waals surface area contributed by atoms with E-state index in [-0.39, 0.29) is 0 Å². The molecule has 2 aliphatic rings. The highest BCUT2D eigenvalue weighted by atomic mass is 16.5. The van der Waals surface area contributed by atoms with Gasteiger partial charge in [-0.25, -0.2) is 0 Å². The van der Waals surface area contributed by atoms with Crippen molar-refractivity contribution >= 4 is 7.85 Å². The van der Waals surface area contributed by atoms with Crippen molar-refractivity contribution in [2.45, 2.75) is 24.8 Å². The van der Waals surface area contributed by atoms with Crippen LogP contribution in [-0.4, -0.2) is 20.6 Å². The highest BCUT2D eigenvalue weighted by molar-refractivity contribution is 6.12. The van der Waals surface area contributed by atoms with Crippen LogP contribution in [0.25, 0.3) is 0 Å². The zero-order chi connectivity index (χ0) is 6.97. The number of allylic oxidation sites excluding steroid dienone is 1. The van der Waals surface area contributed by atoms with E-state index in [0.717, 1.165) is 18.3 Å². The van der Waals surface area contributed by atoms with Crippen LogP contribution >= 0.6 is 0 Å². The molecule has 1 nitrogen and oxygen atoms in total. The first-order chi connectivity index (χ1) is 4.88. The summed E-state index contributed by atoms with van der Waals surface area (Å²) >= 11 is 0. The quantitative estimate of drug-likeness (QED) is 0.353. The summed E-state index contributed by atoms with van der Waals surface area (Å²) in [5.41, 5.74) is 0. The molecule has 2 rings (SSSR count). The van der Waals surface area contributed by atoms with E-state index in [9.17, 15) is 0 Å². The molecule has 1 fully saturated rings. The molecule has 10 heavy (non-hydrogen) atoms. The van der Waals surface area contributed by atoms with Crippen LogP contribution in [0, 0.1) is 5.92 Å². The largest absolute Gasteiger partial charge is 0.374 e. The molecular weight excluding hydrogens is 123 g/mol. The lowest BCUT2D eigenvalue weighted by Gasteiger charge is -2.20. The molecule has 0 amide bonds. The Morgan fingerprint density at radius 3 is 3.20 bits per heavy atom. The molecule has 1 saturated heterocycles. The molecule has 0 aromatic carbocycles. The molecule has 1 heterocycles. The summed E-state index contributed by atoms with van der Waals surface area (Å²) in [5, 5.41) is 0. The molecule has 0 aromatic rings. The van der Waals surface area contributed by atoms with Crippen molar-refractivity contribution in [2.24, 2.45) is 5.92 Å². The van der Waals surface area contributed by atoms with E-state index in [1.807, 2.05) is 0 Å². The van der Waals surface area contributed by atoms with Gasteiger partial charge >= 0.3 is 0 Å². The van der Waals surface area contributed by atoms with Gasteiger partial charge in [0.15, 0.2) is 0 Å². The molecule has 0 radical (unpaired) electrons. The monoisotopic (exact) mass is 136 g/mol. The van der Waals surface area contributed by atoms with Gasteiger partial charge in [0, 0.05) is 6.61 Å². The Morgan fingerprint density at radius 2 is 2.40 bits per heavy atom. The summed E-state index contributed by atoms with van der Waals surface area (Å²) in [6.07, 6.45) is 7.54. The van der Waals surface area contributed by atoms with Gasteiger partial charge < -0.3 is 4.74 Å². The van der Waals surface area contributed by atoms with E-state index in [1.54, 1.807) is 0 Å². The minimum atomic E-state index is 0.462. The van der Waals surface area contributed by atoms with Crippen molar-refractivity contribution in [2.75, 3.05) is 6.61 Å². The highest BCUT2D eigenvalue weighted by Crippen LogP contribution is 2.36. The van der Waals surface area contributed by atoms with Gasteiger partial charge in [-0.15, -0.1) is 0 Å². The number of ether oxygens (including phenoxy) is 1. The molecule has 1 aliphatic carbocycles. The SMILES string of the molecule is BC1COC2C=CCCC12. The van der Waals surface area contributed by atoms with Gasteiger partial charge in [0.25, 0.3) is 0 Å². The Balaban J connectivity index is 2.12. The summed E-state index contributed by atoms with van der Waals surface area (Å²) in [6, 6.07) is 0. The van der Waals surface area contributed by atoms with E-state index in [0.29, 0.717) is 6.10 Å². The maximum absolute atomic E-state index is 5.58. The van der Waals surface area contributed by atoms with Gasteiger partial charge in [-0.05, 0) is 24.6 Å². The van der Waals surface area contributed by atoms with Crippen LogP contribution in [0.15, 0.2) is 12.2 Å². The molecule has 0 bridgehead atoms. The van der Waals surface area contributed by atoms with E-state index in [2.05, 4.69) is 20.0 Å². The molecule has 0 saturated carbocycles. The fourth-order valence-corrected chi connectivity index (χ4v) is 2.00. The fraction of sp³-hybridized carbons (Fsp3) is 0.750. The first kappa shape index (κ1) is 6.47. The normalized spacial score (nSPS) is 45.4. The second-order valence-electron chi connectivity index (χ2n) is 3.44. The van der Waals surface area contributed by atoms with Crippen LogP contribution in [0.4, 0.5) is 0 Å². The fourth-order valence-electron chi connectivity index (χ4n) is 2.00. The minimum Gasteiger partial charge on any atom is -0.374 e.